The Bertz CT molecular complexity index is 1670. The highest BCUT2D eigenvalue weighted by atomic mass is 19.3. The summed E-state index contributed by atoms with van der Waals surface area (Å²) in [5.74, 6) is -3.18. The number of hydrogen-bond donors (Lipinski definition) is 1. The van der Waals surface area contributed by atoms with Crippen LogP contribution in [0.2, 0.25) is 0 Å². The largest absolute Gasteiger partial charge is 0.390 e. The van der Waals surface area contributed by atoms with Gasteiger partial charge in [-0.25, -0.2) is 17.6 Å². The zero-order chi connectivity index (χ0) is 68.7. The molecule has 1 aromatic rings. The van der Waals surface area contributed by atoms with E-state index in [-0.39, 0.29) is 16.4 Å². The summed E-state index contributed by atoms with van der Waals surface area (Å²) < 4.78 is 50.2. The van der Waals surface area contributed by atoms with Crippen LogP contribution in [0.1, 0.15) is 322 Å². The van der Waals surface area contributed by atoms with Gasteiger partial charge < -0.3 is 10.0 Å². The van der Waals surface area contributed by atoms with Gasteiger partial charge in [-0.3, -0.25) is 0 Å². The first-order chi connectivity index (χ1) is 35.0. The van der Waals surface area contributed by atoms with Crippen LogP contribution < -0.4 is 0 Å². The van der Waals surface area contributed by atoms with Gasteiger partial charge in [0.2, 0.25) is 5.92 Å². The Kier molecular flexibility index (Phi) is 41.2. The molecular formula is C76H153F4NO. The number of alkyl halides is 4. The van der Waals surface area contributed by atoms with Crippen LogP contribution in [-0.2, 0) is 5.41 Å². The molecule has 0 aromatic heterocycles. The molecule has 1 N–H and O–H groups in total. The maximum atomic E-state index is 12.6. The fourth-order valence-corrected chi connectivity index (χ4v) is 4.86. The second-order valence-electron chi connectivity index (χ2n) is 36.3. The molecule has 0 radical (unpaired) electrons. The van der Waals surface area contributed by atoms with Gasteiger partial charge in [-0.2, -0.15) is 0 Å². The predicted octanol–water partition coefficient (Wildman–Crippen LogP) is 26.4. The molecule has 2 nitrogen and oxygen atoms in total. The standard InChI is InChI=1S/C10H14.C8H16F2.C8H14F2.C8H16.C8H18.C7H16O.C7H14.C7H16.C7H14.C6H15N/c1-10(2,3)9-7-5-4-6-8-9;2*1-6(7(2,3)4)8(5,9)10;1-7(2,3)8(4)5-6-8;1-6-7(2)8(3,4)5;1-6(2,3)7(4,5)8;1-7(2,3)6-4-5-6;2*1-6(2)7(3,4)5;1-6(2,3)7(4)5/h4-8H,1-3H3;6H,1-5H3;1H2,2-5H3;5-6H2,1-4H3;7H,6H2,1-5H3;8H,1-5H3;6H,4-5H2,1-3H3;6H,1-5H3;1H2,2-5H3;1-5H3. The maximum Gasteiger partial charge on any atom is 0.266 e. The molecular weight excluding hydrogens is 1020 g/mol. The number of aliphatic hydroxyl groups is 1. The maximum absolute atomic E-state index is 12.6. The summed E-state index contributed by atoms with van der Waals surface area (Å²) in [6.45, 7) is 91.8. The third-order valence-corrected chi connectivity index (χ3v) is 18.0. The van der Waals surface area contributed by atoms with Crippen LogP contribution in [-0.4, -0.2) is 47.1 Å². The summed E-state index contributed by atoms with van der Waals surface area (Å²) in [7, 11) is 4.17. The van der Waals surface area contributed by atoms with Crippen molar-refractivity contribution in [2.45, 2.75) is 344 Å². The van der Waals surface area contributed by atoms with Crippen molar-refractivity contribution in [3.05, 3.63) is 60.2 Å². The lowest BCUT2D eigenvalue weighted by molar-refractivity contribution is -0.0730. The van der Waals surface area contributed by atoms with Crippen LogP contribution in [0.4, 0.5) is 17.6 Å². The Labute approximate surface area is 516 Å². The summed E-state index contributed by atoms with van der Waals surface area (Å²) in [6, 6.07) is 10.6. The van der Waals surface area contributed by atoms with E-state index < -0.39 is 28.8 Å². The quantitative estimate of drug-likeness (QED) is 0.241. The average Bonchev–Trinajstić information content (AvgIpc) is 4.15. The van der Waals surface area contributed by atoms with Crippen LogP contribution >= 0.6 is 0 Å². The Morgan fingerprint density at radius 3 is 0.902 bits per heavy atom. The summed E-state index contributed by atoms with van der Waals surface area (Å²) in [5, 5.41) is 9.35. The zero-order valence-corrected chi connectivity index (χ0v) is 64.1. The fourth-order valence-electron chi connectivity index (χ4n) is 4.86. The minimum atomic E-state index is -2.75. The molecule has 0 saturated heterocycles. The number of halogens is 4. The number of nitrogens with zero attached hydrogens (tertiary/aromatic N) is 1. The molecule has 496 valence electrons. The average molecular weight is 1170 g/mol. The van der Waals surface area contributed by atoms with Crippen molar-refractivity contribution in [1.29, 1.82) is 0 Å². The topological polar surface area (TPSA) is 23.5 Å². The van der Waals surface area contributed by atoms with Gasteiger partial charge in [0.1, 0.15) is 0 Å². The molecule has 6 heteroatoms. The van der Waals surface area contributed by atoms with Crippen molar-refractivity contribution in [3.8, 4) is 0 Å². The third kappa shape index (κ3) is 52.7. The molecule has 2 atom stereocenters. The highest BCUT2D eigenvalue weighted by Gasteiger charge is 2.47. The highest BCUT2D eigenvalue weighted by molar-refractivity contribution is 5.22. The number of allylic oxidation sites excluding steroid dienone is 2. The predicted molar refractivity (Wildman–Crippen MR) is 369 cm³/mol. The molecule has 2 saturated carbocycles. The van der Waals surface area contributed by atoms with E-state index >= 15 is 0 Å². The van der Waals surface area contributed by atoms with Crippen molar-refractivity contribution in [2.24, 2.45) is 72.4 Å². The Morgan fingerprint density at radius 2 is 0.866 bits per heavy atom. The summed E-state index contributed by atoms with van der Waals surface area (Å²) >= 11 is 0. The first-order valence-electron chi connectivity index (χ1n) is 31.6. The van der Waals surface area contributed by atoms with Crippen LogP contribution in [0, 0.1) is 72.4 Å². The summed E-state index contributed by atoms with van der Waals surface area (Å²) in [4.78, 5) is 2.19. The van der Waals surface area contributed by atoms with Crippen LogP contribution in [0.5, 0.6) is 0 Å². The molecule has 2 aliphatic rings. The molecule has 0 bridgehead atoms. The van der Waals surface area contributed by atoms with Crippen molar-refractivity contribution in [1.82, 2.24) is 4.90 Å². The van der Waals surface area contributed by atoms with E-state index in [1.807, 2.05) is 55.4 Å². The third-order valence-electron chi connectivity index (χ3n) is 18.0. The normalized spacial score (nSPS) is 15.7. The molecule has 82 heavy (non-hydrogen) atoms. The van der Waals surface area contributed by atoms with Crippen LogP contribution in [0.3, 0.4) is 0 Å². The second kappa shape index (κ2) is 36.0. The first kappa shape index (κ1) is 94.0. The molecule has 2 fully saturated rings. The lowest BCUT2D eigenvalue weighted by Crippen LogP contribution is -2.35. The number of benzene rings is 1. The van der Waals surface area contributed by atoms with Gasteiger partial charge in [-0.1, -0.05) is 284 Å². The van der Waals surface area contributed by atoms with E-state index in [2.05, 4.69) is 249 Å². The Balaban J connectivity index is -0.000000153. The van der Waals surface area contributed by atoms with Crippen molar-refractivity contribution in [3.63, 3.8) is 0 Å². The fraction of sp³-hybridized carbons (Fsp3) is 0.868. The molecule has 3 rings (SSSR count). The second-order valence-corrected chi connectivity index (χ2v) is 36.3. The number of rotatable bonds is 3. The lowest BCUT2D eigenvalue weighted by atomic mass is 9.79. The van der Waals surface area contributed by atoms with Crippen molar-refractivity contribution in [2.75, 3.05) is 14.1 Å². The molecule has 1 aromatic carbocycles. The highest BCUT2D eigenvalue weighted by Crippen LogP contribution is 2.57. The van der Waals surface area contributed by atoms with E-state index in [4.69, 9.17) is 0 Å². The SMILES string of the molecule is C=C(C(C)(C)C)C(C)(F)F.C=C(C)C(C)(C)C.CC(C(C)(C)C)C(C)(F)F.CC(C)(C)C(C)(C)O.CC(C)(C)C1(C)CC1.CC(C)(C)C1CC1.CC(C)(C)c1ccccc1.CC(C)C(C)(C)C.CCC(C)C(C)(C)C.CN(C)C(C)(C)C. The van der Waals surface area contributed by atoms with E-state index in [9.17, 15) is 22.7 Å². The number of hydrogen-bond acceptors (Lipinski definition) is 2. The van der Waals surface area contributed by atoms with Gasteiger partial charge in [0, 0.05) is 18.4 Å². The van der Waals surface area contributed by atoms with Crippen molar-refractivity contribution >= 4 is 0 Å². The molecule has 2 unspecified atom stereocenters. The van der Waals surface area contributed by atoms with Gasteiger partial charge >= 0.3 is 0 Å². The summed E-state index contributed by atoms with van der Waals surface area (Å²) in [5.41, 5.74) is 5.04. The summed E-state index contributed by atoms with van der Waals surface area (Å²) in [6.07, 6.45) is 7.13. The van der Waals surface area contributed by atoms with Gasteiger partial charge in [0.25, 0.3) is 5.92 Å². The van der Waals surface area contributed by atoms with E-state index in [0.717, 1.165) is 31.6 Å². The van der Waals surface area contributed by atoms with E-state index in [1.165, 1.54) is 43.2 Å². The molecule has 0 spiro atoms. The lowest BCUT2D eigenvalue weighted by Gasteiger charge is -2.33. The zero-order valence-electron chi connectivity index (χ0n) is 64.1. The smallest absolute Gasteiger partial charge is 0.266 e. The van der Waals surface area contributed by atoms with Crippen LogP contribution in [0.25, 0.3) is 0 Å². The molecule has 0 aliphatic heterocycles. The van der Waals surface area contributed by atoms with Gasteiger partial charge in [-0.05, 0) is 171 Å². The minimum absolute atomic E-state index is 0.00694. The van der Waals surface area contributed by atoms with Crippen LogP contribution in [0.15, 0.2) is 54.6 Å². The van der Waals surface area contributed by atoms with Crippen molar-refractivity contribution < 1.29 is 22.7 Å². The van der Waals surface area contributed by atoms with E-state index in [1.54, 1.807) is 27.7 Å². The Morgan fingerprint density at radius 1 is 0.573 bits per heavy atom. The Hall–Kier alpha value is -1.66. The van der Waals surface area contributed by atoms with E-state index in [0.29, 0.717) is 43.4 Å². The molecule has 2 aliphatic carbocycles. The molecule has 0 heterocycles. The van der Waals surface area contributed by atoms with Gasteiger partial charge in [0.15, 0.2) is 0 Å². The van der Waals surface area contributed by atoms with Gasteiger partial charge in [0.05, 0.1) is 5.60 Å². The first-order valence-corrected chi connectivity index (χ1v) is 31.6. The van der Waals surface area contributed by atoms with Gasteiger partial charge in [-0.15, -0.1) is 0 Å². The monoisotopic (exact) mass is 1170 g/mol. The molecule has 0 amide bonds. The minimum Gasteiger partial charge on any atom is -0.390 e.